The van der Waals surface area contributed by atoms with Gasteiger partial charge in [0.05, 0.1) is 11.6 Å². The minimum atomic E-state index is -0.137. The van der Waals surface area contributed by atoms with Gasteiger partial charge in [0, 0.05) is 18.8 Å². The molecule has 0 radical (unpaired) electrons. The number of pyridine rings is 1. The maximum atomic E-state index is 12.7. The third-order valence-electron chi connectivity index (χ3n) is 4.67. The average molecular weight is 363 g/mol. The fraction of sp³-hybridized carbons (Fsp3) is 0.316. The number of piperidine rings is 1. The van der Waals surface area contributed by atoms with Gasteiger partial charge >= 0.3 is 0 Å². The largest absolute Gasteiger partial charge is 0.339 e. The molecule has 8 nitrogen and oxygen atoms in total. The van der Waals surface area contributed by atoms with Crippen molar-refractivity contribution in [2.75, 3.05) is 23.3 Å². The molecular weight excluding hydrogens is 342 g/mol. The molecule has 1 aromatic carbocycles. The lowest BCUT2D eigenvalue weighted by Gasteiger charge is -2.32. The fourth-order valence-corrected chi connectivity index (χ4v) is 3.33. The number of benzene rings is 1. The van der Waals surface area contributed by atoms with Crippen molar-refractivity contribution in [2.24, 2.45) is 5.92 Å². The van der Waals surface area contributed by atoms with Crippen LogP contribution in [0.2, 0.25) is 0 Å². The number of aryl methyl sites for hydroxylation is 1. The number of hydrogen-bond acceptors (Lipinski definition) is 6. The molecule has 2 aromatic heterocycles. The lowest BCUT2D eigenvalue weighted by atomic mass is 9.97. The van der Waals surface area contributed by atoms with E-state index >= 15 is 0 Å². The molecule has 8 heteroatoms. The van der Waals surface area contributed by atoms with Crippen molar-refractivity contribution in [3.05, 3.63) is 54.2 Å². The van der Waals surface area contributed by atoms with Crippen molar-refractivity contribution in [3.63, 3.8) is 0 Å². The first-order valence-electron chi connectivity index (χ1n) is 9.04. The van der Waals surface area contributed by atoms with Crippen LogP contribution < -0.4 is 10.2 Å². The number of nitrogens with zero attached hydrogens (tertiary/aromatic N) is 6. The first kappa shape index (κ1) is 17.1. The zero-order chi connectivity index (χ0) is 18.6. The van der Waals surface area contributed by atoms with E-state index in [1.165, 1.54) is 0 Å². The van der Waals surface area contributed by atoms with E-state index in [1.54, 1.807) is 10.7 Å². The predicted molar refractivity (Wildman–Crippen MR) is 102 cm³/mol. The van der Waals surface area contributed by atoms with Gasteiger partial charge in [0.2, 0.25) is 11.9 Å². The van der Waals surface area contributed by atoms with E-state index in [2.05, 4.69) is 30.7 Å². The molecule has 3 aromatic rings. The summed E-state index contributed by atoms with van der Waals surface area (Å²) in [5.74, 6) is 1.09. The molecular formula is C19H21N7O. The first-order chi connectivity index (χ1) is 13.2. The van der Waals surface area contributed by atoms with Gasteiger partial charge in [0.25, 0.3) is 0 Å². The number of nitrogens with one attached hydrogen (secondary N) is 1. The van der Waals surface area contributed by atoms with Gasteiger partial charge < -0.3 is 10.2 Å². The molecule has 0 saturated carbocycles. The Morgan fingerprint density at radius 1 is 1.15 bits per heavy atom. The number of hydrogen-bond donors (Lipinski definition) is 1. The predicted octanol–water partition coefficient (Wildman–Crippen LogP) is 2.22. The average Bonchev–Trinajstić information content (AvgIpc) is 3.19. The second-order valence-corrected chi connectivity index (χ2v) is 6.66. The Morgan fingerprint density at radius 2 is 2.00 bits per heavy atom. The lowest BCUT2D eigenvalue weighted by molar-refractivity contribution is -0.120. The molecule has 1 atom stereocenters. The van der Waals surface area contributed by atoms with Crippen LogP contribution in [0.15, 0.2) is 48.5 Å². The number of para-hydroxylation sites is 1. The Hall–Kier alpha value is -3.29. The second-order valence-electron chi connectivity index (χ2n) is 6.66. The highest BCUT2D eigenvalue weighted by atomic mass is 16.2. The van der Waals surface area contributed by atoms with Crippen molar-refractivity contribution in [1.82, 2.24) is 25.2 Å². The van der Waals surface area contributed by atoms with E-state index in [1.807, 2.05) is 49.4 Å². The van der Waals surface area contributed by atoms with Crippen molar-refractivity contribution < 1.29 is 4.79 Å². The van der Waals surface area contributed by atoms with Crippen LogP contribution >= 0.6 is 0 Å². The smallest absolute Gasteiger partial charge is 0.250 e. The number of amides is 1. The van der Waals surface area contributed by atoms with Crippen LogP contribution in [0.25, 0.3) is 5.69 Å². The number of anilines is 2. The van der Waals surface area contributed by atoms with Gasteiger partial charge in [-0.2, -0.15) is 4.68 Å². The highest BCUT2D eigenvalue weighted by molar-refractivity contribution is 5.92. The minimum absolute atomic E-state index is 0.0171. The van der Waals surface area contributed by atoms with Gasteiger partial charge in [-0.05, 0) is 54.5 Å². The molecule has 1 amide bonds. The molecule has 0 aliphatic carbocycles. The van der Waals surface area contributed by atoms with E-state index in [0.717, 1.165) is 30.8 Å². The monoisotopic (exact) mass is 363 g/mol. The summed E-state index contributed by atoms with van der Waals surface area (Å²) in [5.41, 5.74) is 1.77. The zero-order valence-electron chi connectivity index (χ0n) is 15.1. The van der Waals surface area contributed by atoms with Crippen molar-refractivity contribution >= 4 is 17.7 Å². The van der Waals surface area contributed by atoms with Gasteiger partial charge in [0.15, 0.2) is 0 Å². The second kappa shape index (κ2) is 7.53. The zero-order valence-corrected chi connectivity index (χ0v) is 15.1. The summed E-state index contributed by atoms with van der Waals surface area (Å²) < 4.78 is 1.71. The maximum Gasteiger partial charge on any atom is 0.250 e. The van der Waals surface area contributed by atoms with Crippen molar-refractivity contribution in [2.45, 2.75) is 19.8 Å². The molecule has 138 valence electrons. The summed E-state index contributed by atoms with van der Waals surface area (Å²) in [6.07, 6.45) is 1.74. The standard InChI is InChI=1S/C19H21N7O/c1-14-7-5-11-17(20-14)21-18(27)15-8-6-12-25(13-15)19-22-23-24-26(19)16-9-3-2-4-10-16/h2-5,7,9-11,15H,6,8,12-13H2,1H3,(H,20,21,27)/t15-/m1/s1. The Kier molecular flexibility index (Phi) is 4.78. The Labute approximate surface area is 157 Å². The van der Waals surface area contributed by atoms with Crippen LogP contribution in [-0.2, 0) is 4.79 Å². The fourth-order valence-electron chi connectivity index (χ4n) is 3.33. The maximum absolute atomic E-state index is 12.7. The molecule has 0 spiro atoms. The molecule has 1 fully saturated rings. The minimum Gasteiger partial charge on any atom is -0.339 e. The number of carbonyl (C=O) groups excluding carboxylic acids is 1. The molecule has 1 aliphatic heterocycles. The van der Waals surface area contributed by atoms with Gasteiger partial charge in [0.1, 0.15) is 5.82 Å². The topological polar surface area (TPSA) is 88.8 Å². The Morgan fingerprint density at radius 3 is 2.81 bits per heavy atom. The van der Waals surface area contributed by atoms with Crippen LogP contribution in [0.1, 0.15) is 18.5 Å². The van der Waals surface area contributed by atoms with Gasteiger partial charge in [-0.3, -0.25) is 4.79 Å². The summed E-state index contributed by atoms with van der Waals surface area (Å²) in [6.45, 7) is 3.30. The van der Waals surface area contributed by atoms with Crippen LogP contribution in [0.5, 0.6) is 0 Å². The molecule has 0 unspecified atom stereocenters. The number of tetrazole rings is 1. The van der Waals surface area contributed by atoms with E-state index in [0.29, 0.717) is 18.3 Å². The SMILES string of the molecule is Cc1cccc(NC(=O)[C@@H]2CCCN(c3nnnn3-c3ccccc3)C2)n1. The van der Waals surface area contributed by atoms with Gasteiger partial charge in [-0.25, -0.2) is 4.98 Å². The Bertz CT molecular complexity index is 925. The van der Waals surface area contributed by atoms with Gasteiger partial charge in [-0.1, -0.05) is 29.4 Å². The summed E-state index contributed by atoms with van der Waals surface area (Å²) in [5, 5.41) is 15.1. The van der Waals surface area contributed by atoms with E-state index in [4.69, 9.17) is 0 Å². The van der Waals surface area contributed by atoms with Crippen molar-refractivity contribution in [1.29, 1.82) is 0 Å². The summed E-state index contributed by atoms with van der Waals surface area (Å²) >= 11 is 0. The number of carbonyl (C=O) groups is 1. The van der Waals surface area contributed by atoms with E-state index < -0.39 is 0 Å². The van der Waals surface area contributed by atoms with Crippen LogP contribution in [0.3, 0.4) is 0 Å². The molecule has 1 aliphatic rings. The normalized spacial score (nSPS) is 16.9. The third-order valence-corrected chi connectivity index (χ3v) is 4.67. The molecule has 1 saturated heterocycles. The van der Waals surface area contributed by atoms with Gasteiger partial charge in [-0.15, -0.1) is 0 Å². The first-order valence-corrected chi connectivity index (χ1v) is 9.04. The highest BCUT2D eigenvalue weighted by Gasteiger charge is 2.29. The quantitative estimate of drug-likeness (QED) is 0.765. The van der Waals surface area contributed by atoms with Crippen LogP contribution in [0, 0.1) is 12.8 Å². The van der Waals surface area contributed by atoms with E-state index in [9.17, 15) is 4.79 Å². The molecule has 27 heavy (non-hydrogen) atoms. The molecule has 4 rings (SSSR count). The lowest BCUT2D eigenvalue weighted by Crippen LogP contribution is -2.42. The number of rotatable bonds is 4. The van der Waals surface area contributed by atoms with Crippen LogP contribution in [0.4, 0.5) is 11.8 Å². The highest BCUT2D eigenvalue weighted by Crippen LogP contribution is 2.24. The van der Waals surface area contributed by atoms with E-state index in [-0.39, 0.29) is 11.8 Å². The van der Waals surface area contributed by atoms with Crippen molar-refractivity contribution in [3.8, 4) is 5.69 Å². The van der Waals surface area contributed by atoms with Crippen LogP contribution in [-0.4, -0.2) is 44.2 Å². The third kappa shape index (κ3) is 3.79. The molecule has 3 heterocycles. The summed E-state index contributed by atoms with van der Waals surface area (Å²) in [4.78, 5) is 19.1. The number of aromatic nitrogens is 5. The Balaban J connectivity index is 1.49. The summed E-state index contributed by atoms with van der Waals surface area (Å²) in [7, 11) is 0. The summed E-state index contributed by atoms with van der Waals surface area (Å²) in [6, 6.07) is 15.4. The molecule has 0 bridgehead atoms. The molecule has 1 N–H and O–H groups in total.